The molecule has 0 heterocycles. The third-order valence-electron chi connectivity index (χ3n) is 4.03. The number of carbonyl (C=O) groups is 2. The van der Waals surface area contributed by atoms with Gasteiger partial charge in [-0.2, -0.15) is 0 Å². The summed E-state index contributed by atoms with van der Waals surface area (Å²) in [5.74, 6) is -0.641. The molecule has 4 nitrogen and oxygen atoms in total. The Balaban J connectivity index is 2.82. The summed E-state index contributed by atoms with van der Waals surface area (Å²) in [6.45, 7) is 8.62. The van der Waals surface area contributed by atoms with Crippen molar-refractivity contribution in [2.45, 2.75) is 53.4 Å². The molecule has 110 valence electrons. The SMILES string of the molecule is CC(C)CN(CC(=O)O)C(=O)C1CCCCC1(C)C. The minimum atomic E-state index is -0.928. The summed E-state index contributed by atoms with van der Waals surface area (Å²) >= 11 is 0. The molecule has 0 bridgehead atoms. The topological polar surface area (TPSA) is 57.6 Å². The molecule has 1 N–H and O–H groups in total. The Bertz CT molecular complexity index is 336. The molecule has 1 fully saturated rings. The molecule has 1 saturated carbocycles. The quantitative estimate of drug-likeness (QED) is 0.835. The van der Waals surface area contributed by atoms with Gasteiger partial charge in [0.15, 0.2) is 0 Å². The predicted octanol–water partition coefficient (Wildman–Crippen LogP) is 2.77. The van der Waals surface area contributed by atoms with E-state index in [1.54, 1.807) is 0 Å². The summed E-state index contributed by atoms with van der Waals surface area (Å²) in [5.41, 5.74) is -0.0108. The van der Waals surface area contributed by atoms with Crippen molar-refractivity contribution in [2.24, 2.45) is 17.3 Å². The van der Waals surface area contributed by atoms with Gasteiger partial charge in [-0.1, -0.05) is 40.5 Å². The highest BCUT2D eigenvalue weighted by Gasteiger charge is 2.39. The smallest absolute Gasteiger partial charge is 0.323 e. The van der Waals surface area contributed by atoms with Gasteiger partial charge in [-0.25, -0.2) is 0 Å². The summed E-state index contributed by atoms with van der Waals surface area (Å²) in [6, 6.07) is 0. The van der Waals surface area contributed by atoms with Crippen molar-refractivity contribution in [3.63, 3.8) is 0 Å². The van der Waals surface area contributed by atoms with Crippen LogP contribution >= 0.6 is 0 Å². The van der Waals surface area contributed by atoms with E-state index in [0.717, 1.165) is 19.3 Å². The average molecular weight is 269 g/mol. The Hall–Kier alpha value is -1.06. The van der Waals surface area contributed by atoms with Gasteiger partial charge in [0.25, 0.3) is 0 Å². The molecular formula is C15H27NO3. The Morgan fingerprint density at radius 3 is 2.42 bits per heavy atom. The lowest BCUT2D eigenvalue weighted by Crippen LogP contribution is -2.46. The lowest BCUT2D eigenvalue weighted by Gasteiger charge is -2.40. The first kappa shape index (κ1) is 16.0. The van der Waals surface area contributed by atoms with Crippen LogP contribution in [0.3, 0.4) is 0 Å². The first-order valence-corrected chi connectivity index (χ1v) is 7.24. The third kappa shape index (κ3) is 4.51. The minimum Gasteiger partial charge on any atom is -0.480 e. The summed E-state index contributed by atoms with van der Waals surface area (Å²) in [6.07, 6.45) is 4.17. The molecule has 1 rings (SSSR count). The predicted molar refractivity (Wildman–Crippen MR) is 74.8 cm³/mol. The largest absolute Gasteiger partial charge is 0.480 e. The molecule has 1 unspecified atom stereocenters. The van der Waals surface area contributed by atoms with Crippen molar-refractivity contribution in [1.82, 2.24) is 4.90 Å². The number of carboxylic acids is 1. The molecule has 0 radical (unpaired) electrons. The van der Waals surface area contributed by atoms with Crippen molar-refractivity contribution in [1.29, 1.82) is 0 Å². The van der Waals surface area contributed by atoms with Crippen LogP contribution in [-0.2, 0) is 9.59 Å². The molecule has 0 aromatic carbocycles. The molecule has 19 heavy (non-hydrogen) atoms. The van der Waals surface area contributed by atoms with Crippen molar-refractivity contribution in [3.8, 4) is 0 Å². The van der Waals surface area contributed by atoms with E-state index < -0.39 is 5.97 Å². The van der Waals surface area contributed by atoms with Crippen LogP contribution in [0.25, 0.3) is 0 Å². The second-order valence-electron chi connectivity index (χ2n) is 6.79. The van der Waals surface area contributed by atoms with Crippen molar-refractivity contribution in [2.75, 3.05) is 13.1 Å². The van der Waals surface area contributed by atoms with Gasteiger partial charge in [-0.05, 0) is 24.2 Å². The number of carbonyl (C=O) groups excluding carboxylic acids is 1. The van der Waals surface area contributed by atoms with Crippen LogP contribution in [0.2, 0.25) is 0 Å². The number of rotatable bonds is 5. The standard InChI is InChI=1S/C15H27NO3/c1-11(2)9-16(10-13(17)18)14(19)12-7-5-6-8-15(12,3)4/h11-12H,5-10H2,1-4H3,(H,17,18). The van der Waals surface area contributed by atoms with Crippen LogP contribution in [-0.4, -0.2) is 35.0 Å². The van der Waals surface area contributed by atoms with Gasteiger partial charge in [-0.3, -0.25) is 9.59 Å². The highest BCUT2D eigenvalue weighted by Crippen LogP contribution is 2.41. The molecule has 0 aromatic rings. The van der Waals surface area contributed by atoms with Crippen LogP contribution in [0.4, 0.5) is 0 Å². The van der Waals surface area contributed by atoms with Gasteiger partial charge in [0.1, 0.15) is 6.54 Å². The maximum atomic E-state index is 12.6. The van der Waals surface area contributed by atoms with Crippen LogP contribution in [0.15, 0.2) is 0 Å². The Labute approximate surface area is 116 Å². The molecule has 4 heteroatoms. The lowest BCUT2D eigenvalue weighted by molar-refractivity contribution is -0.149. The van der Waals surface area contributed by atoms with E-state index in [0.29, 0.717) is 6.54 Å². The number of hydrogen-bond donors (Lipinski definition) is 1. The van der Waals surface area contributed by atoms with E-state index in [-0.39, 0.29) is 29.7 Å². The normalized spacial score (nSPS) is 22.3. The molecule has 0 spiro atoms. The second kappa shape index (κ2) is 6.40. The fraction of sp³-hybridized carbons (Fsp3) is 0.867. The van der Waals surface area contributed by atoms with Crippen LogP contribution < -0.4 is 0 Å². The first-order valence-electron chi connectivity index (χ1n) is 7.24. The van der Waals surface area contributed by atoms with E-state index in [1.165, 1.54) is 11.3 Å². The maximum absolute atomic E-state index is 12.6. The van der Waals surface area contributed by atoms with Gasteiger partial charge in [0, 0.05) is 12.5 Å². The third-order valence-corrected chi connectivity index (χ3v) is 4.03. The van der Waals surface area contributed by atoms with Crippen molar-refractivity contribution in [3.05, 3.63) is 0 Å². The Morgan fingerprint density at radius 1 is 1.32 bits per heavy atom. The summed E-state index contributed by atoms with van der Waals surface area (Å²) in [5, 5.41) is 8.98. The van der Waals surface area contributed by atoms with E-state index in [4.69, 9.17) is 5.11 Å². The molecule has 1 amide bonds. The van der Waals surface area contributed by atoms with Crippen LogP contribution in [0.5, 0.6) is 0 Å². The van der Waals surface area contributed by atoms with Gasteiger partial charge in [0.05, 0.1) is 0 Å². The monoisotopic (exact) mass is 269 g/mol. The summed E-state index contributed by atoms with van der Waals surface area (Å²) < 4.78 is 0. The number of hydrogen-bond acceptors (Lipinski definition) is 2. The average Bonchev–Trinajstić information content (AvgIpc) is 2.25. The van der Waals surface area contributed by atoms with Gasteiger partial charge in [0.2, 0.25) is 5.91 Å². The van der Waals surface area contributed by atoms with Crippen LogP contribution in [0.1, 0.15) is 53.4 Å². The molecule has 1 aliphatic carbocycles. The number of amides is 1. The zero-order valence-corrected chi connectivity index (χ0v) is 12.6. The molecular weight excluding hydrogens is 242 g/mol. The molecule has 1 atom stereocenters. The number of carboxylic acid groups (broad SMARTS) is 1. The first-order chi connectivity index (χ1) is 8.74. The number of aliphatic carboxylic acids is 1. The highest BCUT2D eigenvalue weighted by atomic mass is 16.4. The van der Waals surface area contributed by atoms with Crippen molar-refractivity contribution < 1.29 is 14.7 Å². The highest BCUT2D eigenvalue weighted by molar-refractivity contribution is 5.83. The number of nitrogens with zero attached hydrogens (tertiary/aromatic N) is 1. The second-order valence-corrected chi connectivity index (χ2v) is 6.79. The van der Waals surface area contributed by atoms with E-state index in [1.807, 2.05) is 13.8 Å². The fourth-order valence-electron chi connectivity index (χ4n) is 3.01. The minimum absolute atomic E-state index is 0.0108. The molecule has 0 aliphatic heterocycles. The fourth-order valence-corrected chi connectivity index (χ4v) is 3.01. The Morgan fingerprint density at radius 2 is 1.95 bits per heavy atom. The molecule has 0 saturated heterocycles. The molecule has 0 aromatic heterocycles. The van der Waals surface area contributed by atoms with E-state index >= 15 is 0 Å². The zero-order chi connectivity index (χ0) is 14.6. The van der Waals surface area contributed by atoms with Gasteiger partial charge >= 0.3 is 5.97 Å². The zero-order valence-electron chi connectivity index (χ0n) is 12.6. The maximum Gasteiger partial charge on any atom is 0.323 e. The Kier molecular flexibility index (Phi) is 5.39. The van der Waals surface area contributed by atoms with Gasteiger partial charge in [-0.15, -0.1) is 0 Å². The van der Waals surface area contributed by atoms with Crippen LogP contribution in [0, 0.1) is 17.3 Å². The van der Waals surface area contributed by atoms with E-state index in [9.17, 15) is 9.59 Å². The summed E-state index contributed by atoms with van der Waals surface area (Å²) in [7, 11) is 0. The van der Waals surface area contributed by atoms with Crippen molar-refractivity contribution >= 4 is 11.9 Å². The van der Waals surface area contributed by atoms with Gasteiger partial charge < -0.3 is 10.0 Å². The van der Waals surface area contributed by atoms with E-state index in [2.05, 4.69) is 13.8 Å². The molecule has 1 aliphatic rings. The lowest BCUT2D eigenvalue weighted by atomic mass is 9.68. The summed E-state index contributed by atoms with van der Waals surface area (Å²) in [4.78, 5) is 25.1.